The molecule has 9 aromatic rings. The van der Waals surface area contributed by atoms with Crippen molar-refractivity contribution >= 4 is 21.9 Å². The van der Waals surface area contributed by atoms with Crippen molar-refractivity contribution in [1.29, 1.82) is 0 Å². The van der Waals surface area contributed by atoms with Gasteiger partial charge >= 0.3 is 22.4 Å². The molecule has 0 amide bonds. The average Bonchev–Trinajstić information content (AvgIpc) is 3.83. The Kier molecular flexibility index (Phi) is 11.1. The summed E-state index contributed by atoms with van der Waals surface area (Å²) in [6.07, 6.45) is 3.63. The maximum absolute atomic E-state index is 12.5. The number of nitrogens with zero attached hydrogens (tertiary/aromatic N) is 3. The van der Waals surface area contributed by atoms with E-state index in [-0.39, 0.29) is 44.4 Å². The molecule has 0 aliphatic heterocycles. The number of hydrogen-bond donors (Lipinski definition) is 1. The van der Waals surface area contributed by atoms with Crippen molar-refractivity contribution in [2.24, 2.45) is 0 Å². The van der Waals surface area contributed by atoms with Crippen molar-refractivity contribution in [2.75, 3.05) is 0 Å². The Morgan fingerprint density at radius 3 is 1.90 bits per heavy atom. The first kappa shape index (κ1) is 42.8. The van der Waals surface area contributed by atoms with Crippen LogP contribution in [0.25, 0.3) is 77.9 Å². The number of hydrogen-bond acceptors (Lipinski definition) is 1. The van der Waals surface area contributed by atoms with Crippen LogP contribution < -0.4 is 9.55 Å². The molecule has 9 rings (SSSR count). The number of fused-ring (bicyclic) bond motifs is 2. The van der Waals surface area contributed by atoms with Crippen LogP contribution in [-0.4, -0.2) is 9.67 Å². The summed E-state index contributed by atoms with van der Waals surface area (Å²) in [4.78, 5) is 5.65. The smallest absolute Gasteiger partial charge is 0.664 e. The van der Waals surface area contributed by atoms with Crippen LogP contribution in [0.3, 0.4) is 0 Å². The molecule has 4 nitrogen and oxygen atoms in total. The van der Waals surface area contributed by atoms with Gasteiger partial charge in [0.25, 0.3) is 6.33 Å². The van der Waals surface area contributed by atoms with E-state index in [9.17, 15) is 5.11 Å². The van der Waals surface area contributed by atoms with Crippen LogP contribution in [0.4, 0.5) is 0 Å². The van der Waals surface area contributed by atoms with Crippen molar-refractivity contribution in [2.45, 2.75) is 78.6 Å². The van der Waals surface area contributed by atoms with Gasteiger partial charge in [0.1, 0.15) is 5.75 Å². The van der Waals surface area contributed by atoms with Crippen LogP contribution in [-0.2, 0) is 38.6 Å². The predicted octanol–water partition coefficient (Wildman–Crippen LogP) is 13.9. The van der Waals surface area contributed by atoms with Crippen molar-refractivity contribution in [3.8, 4) is 61.8 Å². The summed E-state index contributed by atoms with van der Waals surface area (Å²) in [5, 5.41) is 13.5. The van der Waals surface area contributed by atoms with Gasteiger partial charge in [0, 0.05) is 11.1 Å². The molecule has 0 saturated carbocycles. The topological polar surface area (TPSA) is 43.1 Å². The normalized spacial score (nSPS) is 12.2. The summed E-state index contributed by atoms with van der Waals surface area (Å²) < 4.78 is 4.20. The monoisotopic (exact) mass is 992 g/mol. The minimum atomic E-state index is -0.311. The zero-order valence-electron chi connectivity index (χ0n) is 37.0. The average molecular weight is 993 g/mol. The molecule has 0 saturated heterocycles. The molecule has 0 unspecified atom stereocenters. The van der Waals surface area contributed by atoms with Gasteiger partial charge in [-0.3, -0.25) is 4.57 Å². The molecular weight excluding hydrogens is 940 g/mol. The predicted molar refractivity (Wildman–Crippen MR) is 253 cm³/mol. The molecule has 7 aromatic carbocycles. The van der Waals surface area contributed by atoms with E-state index < -0.39 is 0 Å². The van der Waals surface area contributed by atoms with Gasteiger partial charge in [0.15, 0.2) is 0 Å². The quantitative estimate of drug-likeness (QED) is 0.102. The number of aromatic nitrogens is 3. The number of benzene rings is 7. The third-order valence-electron chi connectivity index (χ3n) is 11.9. The number of imidazole rings is 1. The minimum absolute atomic E-state index is 0. The third-order valence-corrected chi connectivity index (χ3v) is 11.9. The zero-order valence-corrected chi connectivity index (χ0v) is 39.2. The number of rotatable bonds is 6. The second-order valence-electron chi connectivity index (χ2n) is 19.4. The van der Waals surface area contributed by atoms with E-state index in [1.807, 2.05) is 6.07 Å². The maximum atomic E-state index is 12.5. The second-order valence-corrected chi connectivity index (χ2v) is 19.4. The van der Waals surface area contributed by atoms with E-state index >= 15 is 0 Å². The Hall–Kier alpha value is -5.91. The summed E-state index contributed by atoms with van der Waals surface area (Å²) in [5.41, 5.74) is 15.4. The van der Waals surface area contributed by atoms with Crippen LogP contribution in [0, 0.1) is 12.4 Å². The summed E-state index contributed by atoms with van der Waals surface area (Å²) >= 11 is 0. The molecule has 2 heterocycles. The number of aromatic hydroxyl groups is 1. The molecule has 0 fully saturated rings. The van der Waals surface area contributed by atoms with Gasteiger partial charge in [-0.25, -0.2) is 0 Å². The third kappa shape index (κ3) is 7.77. The molecule has 0 bridgehead atoms. The van der Waals surface area contributed by atoms with E-state index in [4.69, 9.17) is 4.98 Å². The van der Waals surface area contributed by atoms with E-state index in [0.29, 0.717) is 0 Å². The standard InChI is InChI=1S/C57H53N3O.Au/c1-55(2,3)39-30-31-44(46(33-39)37-20-12-10-13-21-37)51-45-27-19-26-43(52(45)58-53(51)47-34-40(56(4,5)6)35-48(54(47)61)57(7,8)9)38-22-18-25-42(32-38)60-36-59(41-23-14-11-15-24-41)49-28-16-17-29-50(49)60;/h10-31,33-35,61H,1-9H3;/q-2;+3. The molecule has 0 atom stereocenters. The first-order valence-corrected chi connectivity index (χ1v) is 21.3. The van der Waals surface area contributed by atoms with Gasteiger partial charge in [0.05, 0.1) is 16.7 Å². The minimum Gasteiger partial charge on any atom is -0.664 e. The molecule has 5 heteroatoms. The summed E-state index contributed by atoms with van der Waals surface area (Å²) in [6, 6.07) is 57.2. The molecule has 0 spiro atoms. The van der Waals surface area contributed by atoms with Crippen molar-refractivity contribution in [1.82, 2.24) is 9.55 Å². The Bertz CT molecular complexity index is 3080. The van der Waals surface area contributed by atoms with Crippen LogP contribution in [0.2, 0.25) is 0 Å². The van der Waals surface area contributed by atoms with Gasteiger partial charge in [-0.15, -0.1) is 41.1 Å². The number of phenolic OH excluding ortho intramolecular Hbond substituents is 1. The molecule has 1 N–H and O–H groups in total. The van der Waals surface area contributed by atoms with Crippen LogP contribution in [0.15, 0.2) is 152 Å². The first-order valence-electron chi connectivity index (χ1n) is 21.3. The molecule has 2 aromatic heterocycles. The van der Waals surface area contributed by atoms with Gasteiger partial charge < -0.3 is 14.7 Å². The first-order chi connectivity index (χ1) is 29.1. The molecular formula is C57H53AuN3O+. The Morgan fingerprint density at radius 1 is 0.565 bits per heavy atom. The van der Waals surface area contributed by atoms with E-state index in [1.165, 1.54) is 5.56 Å². The molecule has 312 valence electrons. The van der Waals surface area contributed by atoms with Gasteiger partial charge in [-0.2, -0.15) is 5.52 Å². The summed E-state index contributed by atoms with van der Waals surface area (Å²) in [7, 11) is 0. The fraction of sp³-hybridized carbons (Fsp3) is 0.211. The molecule has 0 aliphatic rings. The number of para-hydroxylation sites is 4. The molecule has 62 heavy (non-hydrogen) atoms. The van der Waals surface area contributed by atoms with Crippen molar-refractivity contribution in [3.63, 3.8) is 0 Å². The van der Waals surface area contributed by atoms with Crippen LogP contribution >= 0.6 is 0 Å². The van der Waals surface area contributed by atoms with Crippen LogP contribution in [0.5, 0.6) is 5.75 Å². The van der Waals surface area contributed by atoms with E-state index in [0.717, 1.165) is 89.1 Å². The summed E-state index contributed by atoms with van der Waals surface area (Å²) in [6.45, 7) is 20.0. The second kappa shape index (κ2) is 16.1. The van der Waals surface area contributed by atoms with E-state index in [1.54, 1.807) is 0 Å². The fourth-order valence-corrected chi connectivity index (χ4v) is 8.50. The molecule has 0 aliphatic carbocycles. The zero-order chi connectivity index (χ0) is 42.8. The van der Waals surface area contributed by atoms with Crippen molar-refractivity contribution in [3.05, 3.63) is 181 Å². The maximum Gasteiger partial charge on any atom is 3.00 e. The van der Waals surface area contributed by atoms with Crippen LogP contribution in [0.1, 0.15) is 79.0 Å². The fourth-order valence-electron chi connectivity index (χ4n) is 8.50. The molecule has 0 radical (unpaired) electrons. The SMILES string of the molecule is CC(C)(C)c1ccc(-c2c(-c3cc(C(C)(C)C)cc(C(C)(C)C)c3O)[n-]c3c(-c4[c-]c(-n5[c-][n+](-c6ccccc6)c6ccccc65)ccc4)cccc23)c(-c2ccccc2)c1.[Au+3]. The van der Waals surface area contributed by atoms with Gasteiger partial charge in [-0.1, -0.05) is 178 Å². The Balaban J connectivity index is 0.00000529. The largest absolute Gasteiger partial charge is 3.00 e. The Morgan fingerprint density at radius 2 is 1.21 bits per heavy atom. The Labute approximate surface area is 382 Å². The van der Waals surface area contributed by atoms with E-state index in [2.05, 4.69) is 229 Å². The van der Waals surface area contributed by atoms with Crippen molar-refractivity contribution < 1.29 is 32.1 Å². The van der Waals surface area contributed by atoms with Gasteiger partial charge in [-0.05, 0) is 78.9 Å². The summed E-state index contributed by atoms with van der Waals surface area (Å²) in [5.74, 6) is 0.272. The van der Waals surface area contributed by atoms with Gasteiger partial charge in [0.2, 0.25) is 0 Å². The number of phenols is 1.